The Morgan fingerprint density at radius 2 is 1.84 bits per heavy atom. The lowest BCUT2D eigenvalue weighted by atomic mass is 10.2. The molecule has 3 rings (SSSR count). The number of methoxy groups -OCH3 is 1. The van der Waals surface area contributed by atoms with Crippen LogP contribution in [0.15, 0.2) is 58.2 Å². The summed E-state index contributed by atoms with van der Waals surface area (Å²) in [6.07, 6.45) is 6.57. The number of ether oxygens (including phenoxy) is 1. The third-order valence-corrected chi connectivity index (χ3v) is 4.80. The zero-order valence-corrected chi connectivity index (χ0v) is 18.2. The summed E-state index contributed by atoms with van der Waals surface area (Å²) >= 11 is 0. The number of rotatable bonds is 11. The summed E-state index contributed by atoms with van der Waals surface area (Å²) in [4.78, 5) is 13.1. The van der Waals surface area contributed by atoms with Gasteiger partial charge in [0, 0.05) is 50.4 Å². The molecule has 0 aliphatic heterocycles. The van der Waals surface area contributed by atoms with Crippen molar-refractivity contribution < 1.29 is 9.26 Å². The lowest BCUT2D eigenvalue weighted by molar-refractivity contribution is 0.374. The van der Waals surface area contributed by atoms with Crippen LogP contribution in [0.5, 0.6) is 5.75 Å². The second kappa shape index (κ2) is 12.3. The van der Waals surface area contributed by atoms with Crippen LogP contribution in [-0.2, 0) is 12.8 Å². The normalized spacial score (nSPS) is 11.4. The van der Waals surface area contributed by atoms with Crippen molar-refractivity contribution in [1.82, 2.24) is 25.8 Å². The minimum atomic E-state index is 0.611. The lowest BCUT2D eigenvalue weighted by Crippen LogP contribution is -2.38. The van der Waals surface area contributed by atoms with Crippen LogP contribution in [0.3, 0.4) is 0 Å². The lowest BCUT2D eigenvalue weighted by Gasteiger charge is -2.11. The van der Waals surface area contributed by atoms with Gasteiger partial charge >= 0.3 is 0 Å². The van der Waals surface area contributed by atoms with Gasteiger partial charge in [0.15, 0.2) is 5.96 Å². The number of hydrogen-bond acceptors (Lipinski definition) is 6. The highest BCUT2D eigenvalue weighted by Gasteiger charge is 2.08. The summed E-state index contributed by atoms with van der Waals surface area (Å²) in [6.45, 7) is 1.66. The van der Waals surface area contributed by atoms with Crippen molar-refractivity contribution >= 4 is 5.96 Å². The average molecular weight is 423 g/mol. The minimum absolute atomic E-state index is 0.611. The van der Waals surface area contributed by atoms with E-state index in [2.05, 4.69) is 30.8 Å². The number of unbranched alkanes of at least 4 members (excludes halogenated alkanes) is 2. The Kier molecular flexibility index (Phi) is 8.85. The van der Waals surface area contributed by atoms with Crippen molar-refractivity contribution in [3.63, 3.8) is 0 Å². The quantitative estimate of drug-likeness (QED) is 0.278. The number of aryl methyl sites for hydroxylation is 1. The second-order valence-corrected chi connectivity index (χ2v) is 7.05. The monoisotopic (exact) mass is 422 g/mol. The highest BCUT2D eigenvalue weighted by molar-refractivity contribution is 5.79. The van der Waals surface area contributed by atoms with Crippen LogP contribution in [0.2, 0.25) is 0 Å². The van der Waals surface area contributed by atoms with Gasteiger partial charge in [0.2, 0.25) is 11.7 Å². The molecule has 0 spiro atoms. The van der Waals surface area contributed by atoms with E-state index in [1.807, 2.05) is 48.7 Å². The maximum Gasteiger partial charge on any atom is 0.226 e. The van der Waals surface area contributed by atoms with Crippen molar-refractivity contribution in [2.75, 3.05) is 27.2 Å². The zero-order valence-electron chi connectivity index (χ0n) is 18.2. The molecule has 0 unspecified atom stereocenters. The highest BCUT2D eigenvalue weighted by atomic mass is 16.5. The molecule has 2 heterocycles. The highest BCUT2D eigenvalue weighted by Crippen LogP contribution is 2.20. The molecule has 3 aromatic rings. The van der Waals surface area contributed by atoms with Crippen LogP contribution in [-0.4, -0.2) is 48.3 Å². The molecule has 164 valence electrons. The largest absolute Gasteiger partial charge is 0.497 e. The first kappa shape index (κ1) is 22.3. The van der Waals surface area contributed by atoms with E-state index in [1.165, 1.54) is 0 Å². The molecular formula is C23H30N6O2. The van der Waals surface area contributed by atoms with Gasteiger partial charge in [0.25, 0.3) is 0 Å². The molecule has 31 heavy (non-hydrogen) atoms. The Morgan fingerprint density at radius 3 is 2.58 bits per heavy atom. The molecule has 0 saturated heterocycles. The Bertz CT molecular complexity index is 925. The zero-order chi connectivity index (χ0) is 21.7. The summed E-state index contributed by atoms with van der Waals surface area (Å²) in [7, 11) is 3.43. The van der Waals surface area contributed by atoms with Gasteiger partial charge in [-0.15, -0.1) is 0 Å². The summed E-state index contributed by atoms with van der Waals surface area (Å²) in [5.74, 6) is 2.91. The predicted molar refractivity (Wildman–Crippen MR) is 121 cm³/mol. The number of nitrogens with zero attached hydrogens (tertiary/aromatic N) is 4. The maximum atomic E-state index is 5.38. The van der Waals surface area contributed by atoms with Gasteiger partial charge < -0.3 is 19.9 Å². The van der Waals surface area contributed by atoms with Gasteiger partial charge in [-0.25, -0.2) is 0 Å². The topological polar surface area (TPSA) is 97.5 Å². The fraction of sp³-hybridized carbons (Fsp3) is 0.391. The molecule has 2 N–H and O–H groups in total. The van der Waals surface area contributed by atoms with Gasteiger partial charge in [-0.3, -0.25) is 9.98 Å². The first-order valence-corrected chi connectivity index (χ1v) is 10.6. The van der Waals surface area contributed by atoms with E-state index in [0.29, 0.717) is 11.7 Å². The standard InChI is InChI=1S/C23H30N6O2/c1-24-23(27-17-14-19-8-5-7-15-25-19)26-16-6-3-4-9-21-28-22(29-31-21)18-10-12-20(30-2)13-11-18/h5,7-8,10-13,15H,3-4,6,9,14,16-17H2,1-2H3,(H2,24,26,27). The van der Waals surface area contributed by atoms with E-state index in [1.54, 1.807) is 14.2 Å². The van der Waals surface area contributed by atoms with Crippen molar-refractivity contribution in [2.45, 2.75) is 32.1 Å². The third-order valence-electron chi connectivity index (χ3n) is 4.80. The van der Waals surface area contributed by atoms with Crippen LogP contribution in [0.4, 0.5) is 0 Å². The molecule has 8 nitrogen and oxygen atoms in total. The number of aromatic nitrogens is 3. The summed E-state index contributed by atoms with van der Waals surface area (Å²) in [5, 5.41) is 10.7. The first-order valence-electron chi connectivity index (χ1n) is 10.6. The van der Waals surface area contributed by atoms with E-state index in [9.17, 15) is 0 Å². The maximum absolute atomic E-state index is 5.38. The van der Waals surface area contributed by atoms with Crippen molar-refractivity contribution in [1.29, 1.82) is 0 Å². The summed E-state index contributed by atoms with van der Waals surface area (Å²) in [5.41, 5.74) is 1.99. The minimum Gasteiger partial charge on any atom is -0.497 e. The van der Waals surface area contributed by atoms with Crippen molar-refractivity contribution in [3.8, 4) is 17.1 Å². The third kappa shape index (κ3) is 7.40. The molecule has 0 amide bonds. The molecular weight excluding hydrogens is 392 g/mol. The Balaban J connectivity index is 1.29. The van der Waals surface area contributed by atoms with E-state index < -0.39 is 0 Å². The fourth-order valence-electron chi connectivity index (χ4n) is 3.07. The van der Waals surface area contributed by atoms with Crippen LogP contribution in [0.1, 0.15) is 30.8 Å². The molecule has 0 aliphatic rings. The van der Waals surface area contributed by atoms with Gasteiger partial charge in [-0.1, -0.05) is 17.6 Å². The SMILES string of the molecule is CN=C(NCCCCCc1nc(-c2ccc(OC)cc2)no1)NCCc1ccccn1. The number of nitrogens with one attached hydrogen (secondary N) is 2. The number of hydrogen-bond donors (Lipinski definition) is 2. The number of benzene rings is 1. The van der Waals surface area contributed by atoms with Crippen molar-refractivity contribution in [3.05, 3.63) is 60.2 Å². The number of guanidine groups is 1. The van der Waals surface area contributed by atoms with Gasteiger partial charge in [-0.2, -0.15) is 4.98 Å². The van der Waals surface area contributed by atoms with E-state index in [4.69, 9.17) is 9.26 Å². The predicted octanol–water partition coefficient (Wildman–Crippen LogP) is 3.26. The Hall–Kier alpha value is -3.42. The van der Waals surface area contributed by atoms with Crippen LogP contribution in [0, 0.1) is 0 Å². The fourth-order valence-corrected chi connectivity index (χ4v) is 3.07. The average Bonchev–Trinajstić information content (AvgIpc) is 3.29. The molecule has 8 heteroatoms. The van der Waals surface area contributed by atoms with E-state index >= 15 is 0 Å². The first-order chi connectivity index (χ1) is 15.3. The van der Waals surface area contributed by atoms with Gasteiger partial charge in [-0.05, 0) is 49.2 Å². The smallest absolute Gasteiger partial charge is 0.226 e. The summed E-state index contributed by atoms with van der Waals surface area (Å²) < 4.78 is 10.5. The van der Waals surface area contributed by atoms with Gasteiger partial charge in [0.05, 0.1) is 7.11 Å². The van der Waals surface area contributed by atoms with Gasteiger partial charge in [0.1, 0.15) is 5.75 Å². The molecule has 0 fully saturated rings. The van der Waals surface area contributed by atoms with E-state index in [-0.39, 0.29) is 0 Å². The molecule has 0 saturated carbocycles. The molecule has 2 aromatic heterocycles. The van der Waals surface area contributed by atoms with Crippen molar-refractivity contribution in [2.24, 2.45) is 4.99 Å². The molecule has 0 radical (unpaired) electrons. The Labute approximate surface area is 183 Å². The van der Waals surface area contributed by atoms with Crippen LogP contribution in [0.25, 0.3) is 11.4 Å². The number of aliphatic imine (C=N–C) groups is 1. The summed E-state index contributed by atoms with van der Waals surface area (Å²) in [6, 6.07) is 13.6. The Morgan fingerprint density at radius 1 is 1.00 bits per heavy atom. The molecule has 0 atom stereocenters. The molecule has 0 bridgehead atoms. The second-order valence-electron chi connectivity index (χ2n) is 7.05. The molecule has 1 aromatic carbocycles. The van der Waals surface area contributed by atoms with E-state index in [0.717, 1.165) is 68.2 Å². The van der Waals surface area contributed by atoms with Crippen LogP contribution < -0.4 is 15.4 Å². The van der Waals surface area contributed by atoms with Crippen LogP contribution >= 0.6 is 0 Å². The number of pyridine rings is 1. The molecule has 0 aliphatic carbocycles.